The summed E-state index contributed by atoms with van der Waals surface area (Å²) >= 11 is 0. The summed E-state index contributed by atoms with van der Waals surface area (Å²) in [6.07, 6.45) is 1.07. The fourth-order valence-corrected chi connectivity index (χ4v) is 2.73. The summed E-state index contributed by atoms with van der Waals surface area (Å²) in [6.45, 7) is 1.62. The second-order valence-electron chi connectivity index (χ2n) is 4.97. The Kier molecular flexibility index (Phi) is 4.96. The van der Waals surface area contributed by atoms with Crippen LogP contribution in [0.2, 0.25) is 0 Å². The molecule has 0 atom stereocenters. The second-order valence-corrected chi connectivity index (χ2v) is 6.62. The van der Waals surface area contributed by atoms with Gasteiger partial charge >= 0.3 is 5.63 Å². The van der Waals surface area contributed by atoms with Gasteiger partial charge in [0, 0.05) is 24.1 Å². The predicted molar refractivity (Wildman–Crippen MR) is 84.8 cm³/mol. The van der Waals surface area contributed by atoms with Gasteiger partial charge in [-0.05, 0) is 12.5 Å². The van der Waals surface area contributed by atoms with Crippen molar-refractivity contribution in [1.29, 1.82) is 0 Å². The van der Waals surface area contributed by atoms with Gasteiger partial charge < -0.3 is 13.9 Å². The topological polar surface area (TPSA) is 92.0 Å². The normalized spacial score (nSPS) is 11.7. The maximum Gasteiger partial charge on any atom is 0.339 e. The van der Waals surface area contributed by atoms with Crippen molar-refractivity contribution in [2.24, 2.45) is 0 Å². The molecule has 0 amide bonds. The number of aryl methyl sites for hydroxylation is 1. The first-order chi connectivity index (χ1) is 10.8. The molecule has 1 heterocycles. The highest BCUT2D eigenvalue weighted by Gasteiger charge is 2.17. The van der Waals surface area contributed by atoms with Gasteiger partial charge in [0.05, 0.1) is 32.5 Å². The minimum Gasteiger partial charge on any atom is -0.496 e. The molecular weight excluding hydrogens is 324 g/mol. The van der Waals surface area contributed by atoms with Crippen LogP contribution in [0.5, 0.6) is 11.5 Å². The van der Waals surface area contributed by atoms with E-state index in [0.717, 1.165) is 6.26 Å². The number of methoxy groups -OCH3 is 2. The minimum absolute atomic E-state index is 0.117. The lowest BCUT2D eigenvalue weighted by Crippen LogP contribution is -2.15. The summed E-state index contributed by atoms with van der Waals surface area (Å²) in [5.41, 5.74) is 0.816. The van der Waals surface area contributed by atoms with Crippen molar-refractivity contribution in [1.82, 2.24) is 0 Å². The lowest BCUT2D eigenvalue weighted by Gasteiger charge is -2.12. The Morgan fingerprint density at radius 1 is 1.17 bits per heavy atom. The third-order valence-corrected chi connectivity index (χ3v) is 4.02. The van der Waals surface area contributed by atoms with Crippen LogP contribution in [0, 0.1) is 6.92 Å². The van der Waals surface area contributed by atoms with E-state index in [0.29, 0.717) is 33.6 Å². The van der Waals surface area contributed by atoms with Crippen molar-refractivity contribution in [3.8, 4) is 11.5 Å². The van der Waals surface area contributed by atoms with Gasteiger partial charge in [-0.1, -0.05) is 0 Å². The fourth-order valence-electron chi connectivity index (χ4n) is 2.34. The van der Waals surface area contributed by atoms with Gasteiger partial charge in [0.1, 0.15) is 17.1 Å². The van der Waals surface area contributed by atoms with Gasteiger partial charge in [-0.3, -0.25) is 4.18 Å². The third kappa shape index (κ3) is 3.83. The van der Waals surface area contributed by atoms with Gasteiger partial charge in [0.25, 0.3) is 10.1 Å². The SMILES string of the molecule is COc1cc(OC)c2c(C)c(CCOS(C)(=O)=O)c(=O)oc2c1. The Morgan fingerprint density at radius 2 is 1.87 bits per heavy atom. The van der Waals surface area contributed by atoms with Crippen LogP contribution >= 0.6 is 0 Å². The number of ether oxygens (including phenoxy) is 2. The molecule has 1 aromatic carbocycles. The van der Waals surface area contributed by atoms with Crippen LogP contribution < -0.4 is 15.1 Å². The molecule has 0 aliphatic carbocycles. The van der Waals surface area contributed by atoms with Crippen LogP contribution in [0.4, 0.5) is 0 Å². The molecule has 0 saturated carbocycles. The molecule has 8 heteroatoms. The van der Waals surface area contributed by atoms with Crippen LogP contribution in [0.3, 0.4) is 0 Å². The van der Waals surface area contributed by atoms with Crippen LogP contribution in [-0.2, 0) is 20.7 Å². The highest BCUT2D eigenvalue weighted by Crippen LogP contribution is 2.33. The second kappa shape index (κ2) is 6.59. The largest absolute Gasteiger partial charge is 0.496 e. The lowest BCUT2D eigenvalue weighted by atomic mass is 10.0. The van der Waals surface area contributed by atoms with E-state index in [1.165, 1.54) is 14.2 Å². The summed E-state index contributed by atoms with van der Waals surface area (Å²) in [7, 11) is -0.551. The molecule has 0 unspecified atom stereocenters. The van der Waals surface area contributed by atoms with Crippen LogP contribution in [0.1, 0.15) is 11.1 Å². The number of hydrogen-bond donors (Lipinski definition) is 0. The summed E-state index contributed by atoms with van der Waals surface area (Å²) in [5, 5.41) is 0.641. The predicted octanol–water partition coefficient (Wildman–Crippen LogP) is 1.64. The summed E-state index contributed by atoms with van der Waals surface area (Å²) in [5.74, 6) is 1.01. The molecule has 0 radical (unpaired) electrons. The molecule has 0 bridgehead atoms. The van der Waals surface area contributed by atoms with Crippen molar-refractivity contribution in [3.05, 3.63) is 33.7 Å². The molecular formula is C15H18O7S. The molecule has 0 fully saturated rings. The molecule has 0 saturated heterocycles. The van der Waals surface area contributed by atoms with Gasteiger partial charge in [-0.15, -0.1) is 0 Å². The standard InChI is InChI=1S/C15H18O7S/c1-9-11(5-6-21-23(4,17)18)15(16)22-13-8-10(19-2)7-12(20-3)14(9)13/h7-8H,5-6H2,1-4H3. The van der Waals surface area contributed by atoms with E-state index in [-0.39, 0.29) is 13.0 Å². The lowest BCUT2D eigenvalue weighted by molar-refractivity contribution is 0.323. The van der Waals surface area contributed by atoms with Gasteiger partial charge in [0.15, 0.2) is 0 Å². The smallest absolute Gasteiger partial charge is 0.339 e. The zero-order valence-corrected chi connectivity index (χ0v) is 14.2. The Bertz CT molecular complexity index is 881. The first-order valence-electron chi connectivity index (χ1n) is 6.79. The number of hydrogen-bond acceptors (Lipinski definition) is 7. The van der Waals surface area contributed by atoms with Crippen molar-refractivity contribution in [2.75, 3.05) is 27.1 Å². The fraction of sp³-hybridized carbons (Fsp3) is 0.400. The van der Waals surface area contributed by atoms with Crippen LogP contribution in [-0.4, -0.2) is 35.5 Å². The molecule has 23 heavy (non-hydrogen) atoms. The van der Waals surface area contributed by atoms with Crippen LogP contribution in [0.25, 0.3) is 11.0 Å². The Labute approximate surface area is 133 Å². The number of benzene rings is 1. The van der Waals surface area contributed by atoms with Crippen molar-refractivity contribution in [3.63, 3.8) is 0 Å². The Morgan fingerprint density at radius 3 is 2.43 bits per heavy atom. The molecule has 0 N–H and O–H groups in total. The maximum absolute atomic E-state index is 12.2. The summed E-state index contributed by atoms with van der Waals surface area (Å²) < 4.78 is 42.5. The quantitative estimate of drug-likeness (QED) is 0.582. The molecule has 7 nitrogen and oxygen atoms in total. The van der Waals surface area contributed by atoms with E-state index < -0.39 is 15.7 Å². The molecule has 0 aliphatic rings. The van der Waals surface area contributed by atoms with E-state index >= 15 is 0 Å². The van der Waals surface area contributed by atoms with E-state index in [9.17, 15) is 13.2 Å². The van der Waals surface area contributed by atoms with E-state index in [4.69, 9.17) is 13.9 Å². The molecule has 126 valence electrons. The van der Waals surface area contributed by atoms with Crippen molar-refractivity contribution < 1.29 is 26.5 Å². The van der Waals surface area contributed by atoms with Crippen LogP contribution in [0.15, 0.2) is 21.3 Å². The molecule has 1 aromatic heterocycles. The van der Waals surface area contributed by atoms with E-state index in [2.05, 4.69) is 4.18 Å². The van der Waals surface area contributed by atoms with Crippen molar-refractivity contribution >= 4 is 21.1 Å². The van der Waals surface area contributed by atoms with Gasteiger partial charge in [0.2, 0.25) is 0 Å². The summed E-state index contributed by atoms with van der Waals surface area (Å²) in [4.78, 5) is 12.2. The molecule has 0 aliphatic heterocycles. The zero-order chi connectivity index (χ0) is 17.2. The molecule has 0 spiro atoms. The molecule has 2 aromatic rings. The average molecular weight is 342 g/mol. The van der Waals surface area contributed by atoms with E-state index in [1.54, 1.807) is 19.1 Å². The van der Waals surface area contributed by atoms with E-state index in [1.807, 2.05) is 0 Å². The Hall–Kier alpha value is -2.06. The van der Waals surface area contributed by atoms with Gasteiger partial charge in [-0.25, -0.2) is 4.79 Å². The number of fused-ring (bicyclic) bond motifs is 1. The highest BCUT2D eigenvalue weighted by atomic mass is 32.2. The molecule has 2 rings (SSSR count). The van der Waals surface area contributed by atoms with Gasteiger partial charge in [-0.2, -0.15) is 8.42 Å². The number of rotatable bonds is 6. The summed E-state index contributed by atoms with van der Waals surface area (Å²) in [6, 6.07) is 3.29. The first kappa shape index (κ1) is 17.3. The Balaban J connectivity index is 2.53. The monoisotopic (exact) mass is 342 g/mol. The maximum atomic E-state index is 12.2. The van der Waals surface area contributed by atoms with Crippen molar-refractivity contribution in [2.45, 2.75) is 13.3 Å². The highest BCUT2D eigenvalue weighted by molar-refractivity contribution is 7.85. The average Bonchev–Trinajstić information content (AvgIpc) is 2.47. The third-order valence-electron chi connectivity index (χ3n) is 3.42. The minimum atomic E-state index is -3.56. The zero-order valence-electron chi connectivity index (χ0n) is 13.3. The first-order valence-corrected chi connectivity index (χ1v) is 8.61.